The molecule has 1 heterocycles. The van der Waals surface area contributed by atoms with E-state index < -0.39 is 0 Å². The van der Waals surface area contributed by atoms with Crippen LogP contribution in [-0.4, -0.2) is 34.0 Å². The first-order valence-corrected chi connectivity index (χ1v) is 14.1. The summed E-state index contributed by atoms with van der Waals surface area (Å²) in [6.07, 6.45) is 11.5. The summed E-state index contributed by atoms with van der Waals surface area (Å²) < 4.78 is 5.20. The topological polar surface area (TPSA) is 75.2 Å². The van der Waals surface area contributed by atoms with Crippen LogP contribution in [-0.2, 0) is 22.4 Å². The van der Waals surface area contributed by atoms with Crippen molar-refractivity contribution in [1.29, 1.82) is 0 Å². The van der Waals surface area contributed by atoms with Crippen molar-refractivity contribution >= 4 is 5.97 Å². The van der Waals surface area contributed by atoms with Crippen molar-refractivity contribution < 1.29 is 14.6 Å². The highest BCUT2D eigenvalue weighted by Crippen LogP contribution is 2.69. The summed E-state index contributed by atoms with van der Waals surface area (Å²) >= 11 is 0. The lowest BCUT2D eigenvalue weighted by atomic mass is 9.41. The van der Waals surface area contributed by atoms with Crippen LogP contribution in [0.15, 0.2) is 6.20 Å². The van der Waals surface area contributed by atoms with Gasteiger partial charge in [0.2, 0.25) is 0 Å². The summed E-state index contributed by atoms with van der Waals surface area (Å²) in [5, 5.41) is 19.6. The van der Waals surface area contributed by atoms with Gasteiger partial charge >= 0.3 is 5.97 Å². The summed E-state index contributed by atoms with van der Waals surface area (Å²) in [6, 6.07) is 0. The van der Waals surface area contributed by atoms with Gasteiger partial charge in [0.1, 0.15) is 0 Å². The SMILES string of the molecule is CCOC(=O)CC[C@@H](C)[C@H]1CC[C@H]2C3[C@H](O)[C@H](CC)C4Cc5[nH]ncc5CC4(C)[C@H]3CC[C@]12C. The largest absolute Gasteiger partial charge is 0.466 e. The molecule has 1 aromatic rings. The third-order valence-electron chi connectivity index (χ3n) is 11.5. The zero-order chi connectivity index (χ0) is 24.3. The minimum Gasteiger partial charge on any atom is -0.466 e. The molecule has 3 fully saturated rings. The molecule has 2 N–H and O–H groups in total. The Hall–Kier alpha value is -1.36. The molecule has 4 aliphatic carbocycles. The average Bonchev–Trinajstić information content (AvgIpc) is 3.40. The van der Waals surface area contributed by atoms with E-state index in [1.165, 1.54) is 36.9 Å². The number of rotatable bonds is 6. The number of aliphatic hydroxyl groups is 1. The number of ether oxygens (including phenoxy) is 1. The molecule has 190 valence electrons. The van der Waals surface area contributed by atoms with Crippen molar-refractivity contribution in [3.8, 4) is 0 Å². The van der Waals surface area contributed by atoms with Gasteiger partial charge in [0.15, 0.2) is 0 Å². The molecule has 3 saturated carbocycles. The Morgan fingerprint density at radius 2 is 1.97 bits per heavy atom. The minimum atomic E-state index is -0.198. The summed E-state index contributed by atoms with van der Waals surface area (Å²) in [7, 11) is 0. The Bertz CT molecular complexity index is 898. The summed E-state index contributed by atoms with van der Waals surface area (Å²) in [5.74, 6) is 3.58. The van der Waals surface area contributed by atoms with Gasteiger partial charge in [-0.1, -0.05) is 34.1 Å². The molecule has 0 radical (unpaired) electrons. The Morgan fingerprint density at radius 3 is 2.71 bits per heavy atom. The number of H-pyrrole nitrogens is 1. The first-order valence-electron chi connectivity index (χ1n) is 14.1. The van der Waals surface area contributed by atoms with E-state index in [1.807, 2.05) is 6.92 Å². The van der Waals surface area contributed by atoms with E-state index >= 15 is 0 Å². The smallest absolute Gasteiger partial charge is 0.305 e. The molecule has 0 aliphatic heterocycles. The fourth-order valence-corrected chi connectivity index (χ4v) is 9.95. The molecule has 0 amide bonds. The third kappa shape index (κ3) is 3.59. The summed E-state index contributed by atoms with van der Waals surface area (Å²) in [4.78, 5) is 12.0. The molecule has 0 spiro atoms. The number of carbonyl (C=O) groups is 1. The number of carbonyl (C=O) groups excluding carboxylic acids is 1. The van der Waals surface area contributed by atoms with Crippen LogP contribution in [0.2, 0.25) is 0 Å². The number of nitrogens with zero attached hydrogens (tertiary/aromatic N) is 1. The van der Waals surface area contributed by atoms with E-state index in [1.54, 1.807) is 0 Å². The highest BCUT2D eigenvalue weighted by atomic mass is 16.5. The molecule has 34 heavy (non-hydrogen) atoms. The Balaban J connectivity index is 1.40. The highest BCUT2D eigenvalue weighted by Gasteiger charge is 2.64. The van der Waals surface area contributed by atoms with Gasteiger partial charge in [0, 0.05) is 12.1 Å². The van der Waals surface area contributed by atoms with Gasteiger partial charge in [-0.15, -0.1) is 0 Å². The first kappa shape index (κ1) is 24.3. The number of hydrogen-bond donors (Lipinski definition) is 2. The lowest BCUT2D eigenvalue weighted by molar-refractivity contribution is -0.186. The first-order chi connectivity index (χ1) is 16.2. The number of aromatic amines is 1. The lowest BCUT2D eigenvalue weighted by Gasteiger charge is -2.64. The fourth-order valence-electron chi connectivity index (χ4n) is 9.95. The lowest BCUT2D eigenvalue weighted by Crippen LogP contribution is -2.62. The predicted octanol–water partition coefficient (Wildman–Crippen LogP) is 5.57. The Morgan fingerprint density at radius 1 is 1.21 bits per heavy atom. The molecule has 1 aromatic heterocycles. The van der Waals surface area contributed by atoms with Gasteiger partial charge in [-0.2, -0.15) is 5.10 Å². The monoisotopic (exact) mass is 470 g/mol. The van der Waals surface area contributed by atoms with Crippen LogP contribution in [0.5, 0.6) is 0 Å². The third-order valence-corrected chi connectivity index (χ3v) is 11.5. The van der Waals surface area contributed by atoms with Crippen molar-refractivity contribution in [1.82, 2.24) is 10.2 Å². The molecule has 4 aliphatic rings. The van der Waals surface area contributed by atoms with E-state index in [4.69, 9.17) is 4.74 Å². The maximum atomic E-state index is 12.0. The number of fused-ring (bicyclic) bond motifs is 6. The van der Waals surface area contributed by atoms with Gasteiger partial charge in [-0.05, 0) is 110 Å². The summed E-state index contributed by atoms with van der Waals surface area (Å²) in [6.45, 7) is 12.1. The van der Waals surface area contributed by atoms with E-state index in [2.05, 4.69) is 44.1 Å². The van der Waals surface area contributed by atoms with Gasteiger partial charge in [0.05, 0.1) is 18.9 Å². The van der Waals surface area contributed by atoms with Gasteiger partial charge < -0.3 is 9.84 Å². The maximum absolute atomic E-state index is 12.0. The molecule has 5 heteroatoms. The van der Waals surface area contributed by atoms with Crippen molar-refractivity contribution in [3.63, 3.8) is 0 Å². The van der Waals surface area contributed by atoms with Gasteiger partial charge in [-0.25, -0.2) is 0 Å². The zero-order valence-electron chi connectivity index (χ0n) is 22.0. The zero-order valence-corrected chi connectivity index (χ0v) is 22.0. The minimum absolute atomic E-state index is 0.0545. The number of aromatic nitrogens is 2. The van der Waals surface area contributed by atoms with Crippen LogP contribution in [0.25, 0.3) is 0 Å². The highest BCUT2D eigenvalue weighted by molar-refractivity contribution is 5.69. The molecule has 0 aromatic carbocycles. The second-order valence-corrected chi connectivity index (χ2v) is 12.8. The number of aliphatic hydroxyl groups excluding tert-OH is 1. The quantitative estimate of drug-likeness (QED) is 0.533. The summed E-state index contributed by atoms with van der Waals surface area (Å²) in [5.41, 5.74) is 3.24. The van der Waals surface area contributed by atoms with Crippen molar-refractivity contribution in [2.75, 3.05) is 6.61 Å². The Labute approximate surface area is 205 Å². The normalized spacial score (nSPS) is 43.9. The van der Waals surface area contributed by atoms with Crippen LogP contribution in [0.4, 0.5) is 0 Å². The van der Waals surface area contributed by atoms with Crippen molar-refractivity contribution in [2.45, 2.75) is 98.5 Å². The van der Waals surface area contributed by atoms with Gasteiger partial charge in [0.25, 0.3) is 0 Å². The molecule has 5 nitrogen and oxygen atoms in total. The van der Waals surface area contributed by atoms with Crippen molar-refractivity contribution in [2.24, 2.45) is 52.3 Å². The van der Waals surface area contributed by atoms with E-state index in [0.717, 1.165) is 25.7 Å². The van der Waals surface area contributed by atoms with Crippen molar-refractivity contribution in [3.05, 3.63) is 17.5 Å². The maximum Gasteiger partial charge on any atom is 0.305 e. The number of esters is 1. The van der Waals surface area contributed by atoms with Crippen LogP contribution in [0.3, 0.4) is 0 Å². The second kappa shape index (κ2) is 8.94. The molecule has 0 saturated heterocycles. The molecule has 0 bridgehead atoms. The standard InChI is InChI=1S/C29H46N2O3/c1-6-19-23-14-24-18(16-30-31-24)15-29(23,5)22-12-13-28(4)20(9-10-21(28)26(22)27(19)33)17(3)8-11-25(32)34-7-2/h16-17,19-23,26-27,33H,6-15H2,1-5H3,(H,30,31)/t17-,19-,20-,21+,22+,23?,26?,27-,28-,29?/m1/s1. The molecular weight excluding hydrogens is 424 g/mol. The van der Waals surface area contributed by atoms with Gasteiger partial charge in [-0.3, -0.25) is 9.89 Å². The number of hydrogen-bond acceptors (Lipinski definition) is 4. The number of nitrogens with one attached hydrogen (secondary N) is 1. The second-order valence-electron chi connectivity index (χ2n) is 12.8. The van der Waals surface area contributed by atoms with Crippen LogP contribution in [0.1, 0.15) is 90.8 Å². The molecule has 5 rings (SSSR count). The van der Waals surface area contributed by atoms with E-state index in [-0.39, 0.29) is 22.9 Å². The van der Waals surface area contributed by atoms with E-state index in [9.17, 15) is 9.90 Å². The molecule has 10 atom stereocenters. The van der Waals surface area contributed by atoms with Crippen LogP contribution >= 0.6 is 0 Å². The fraction of sp³-hybridized carbons (Fsp3) is 0.862. The predicted molar refractivity (Wildman–Crippen MR) is 133 cm³/mol. The van der Waals surface area contributed by atoms with Crippen LogP contribution < -0.4 is 0 Å². The Kier molecular flexibility index (Phi) is 6.40. The average molecular weight is 471 g/mol. The molecule has 3 unspecified atom stereocenters. The van der Waals surface area contributed by atoms with E-state index in [0.29, 0.717) is 54.5 Å². The van der Waals surface area contributed by atoms with Crippen LogP contribution in [0, 0.1) is 52.3 Å². The molecular formula is C29H46N2O3.